The van der Waals surface area contributed by atoms with Crippen LogP contribution in [0, 0.1) is 5.82 Å². The first-order chi connectivity index (χ1) is 10.8. The third-order valence-corrected chi connectivity index (χ3v) is 4.96. The summed E-state index contributed by atoms with van der Waals surface area (Å²) in [5.74, 6) is 0.530. The van der Waals surface area contributed by atoms with Crippen LogP contribution >= 0.6 is 11.3 Å². The van der Waals surface area contributed by atoms with Crippen molar-refractivity contribution in [1.29, 1.82) is 0 Å². The first-order valence-electron chi connectivity index (χ1n) is 7.61. The molecule has 0 amide bonds. The molecule has 2 heterocycles. The fourth-order valence-corrected chi connectivity index (χ4v) is 3.90. The number of nitrogens with one attached hydrogen (secondary N) is 1. The van der Waals surface area contributed by atoms with Crippen LogP contribution in [-0.2, 0) is 0 Å². The van der Waals surface area contributed by atoms with E-state index in [-0.39, 0.29) is 11.9 Å². The second-order valence-electron chi connectivity index (χ2n) is 5.44. The van der Waals surface area contributed by atoms with Crippen molar-refractivity contribution in [2.45, 2.75) is 12.5 Å². The predicted molar refractivity (Wildman–Crippen MR) is 88.2 cm³/mol. The summed E-state index contributed by atoms with van der Waals surface area (Å²) in [6.45, 7) is 3.94. The van der Waals surface area contributed by atoms with Gasteiger partial charge in [0.2, 0.25) is 0 Å². The highest BCUT2D eigenvalue weighted by atomic mass is 32.1. The summed E-state index contributed by atoms with van der Waals surface area (Å²) >= 11 is 1.71. The smallest absolute Gasteiger partial charge is 0.124 e. The normalized spacial score (nSPS) is 17.9. The van der Waals surface area contributed by atoms with Crippen LogP contribution in [-0.4, -0.2) is 38.2 Å². The standard InChI is InChI=1S/C17H21FN2OS/c1-21-15-6-5-13(18)12-14(15)17(16-4-2-11-22-16)20-9-3-7-19-8-10-20/h2,4-6,11-12,17,19H,3,7-10H2,1H3. The number of rotatable bonds is 4. The quantitative estimate of drug-likeness (QED) is 0.936. The van der Waals surface area contributed by atoms with Gasteiger partial charge in [-0.1, -0.05) is 6.07 Å². The summed E-state index contributed by atoms with van der Waals surface area (Å²) in [5.41, 5.74) is 0.909. The Balaban J connectivity index is 2.03. The van der Waals surface area contributed by atoms with Crippen LogP contribution in [0.3, 0.4) is 0 Å². The van der Waals surface area contributed by atoms with Crippen molar-refractivity contribution in [3.05, 3.63) is 52.0 Å². The first kappa shape index (κ1) is 15.5. The zero-order valence-corrected chi connectivity index (χ0v) is 13.5. The van der Waals surface area contributed by atoms with Gasteiger partial charge in [0.25, 0.3) is 0 Å². The van der Waals surface area contributed by atoms with E-state index in [1.165, 1.54) is 10.9 Å². The topological polar surface area (TPSA) is 24.5 Å². The fourth-order valence-electron chi connectivity index (χ4n) is 3.02. The molecule has 5 heteroatoms. The van der Waals surface area contributed by atoms with E-state index in [4.69, 9.17) is 4.74 Å². The van der Waals surface area contributed by atoms with Gasteiger partial charge in [0.05, 0.1) is 13.2 Å². The molecule has 1 atom stereocenters. The van der Waals surface area contributed by atoms with E-state index in [9.17, 15) is 4.39 Å². The Morgan fingerprint density at radius 2 is 2.18 bits per heavy atom. The van der Waals surface area contributed by atoms with Crippen LogP contribution in [0.15, 0.2) is 35.7 Å². The predicted octanol–water partition coefficient (Wildman–Crippen LogP) is 3.28. The van der Waals surface area contributed by atoms with Crippen molar-refractivity contribution in [3.63, 3.8) is 0 Å². The van der Waals surface area contributed by atoms with Crippen molar-refractivity contribution >= 4 is 11.3 Å². The molecule has 1 aromatic carbocycles. The molecule has 0 radical (unpaired) electrons. The number of ether oxygens (including phenoxy) is 1. The Morgan fingerprint density at radius 1 is 1.27 bits per heavy atom. The van der Waals surface area contributed by atoms with Crippen LogP contribution in [0.4, 0.5) is 4.39 Å². The van der Waals surface area contributed by atoms with Crippen LogP contribution in [0.5, 0.6) is 5.75 Å². The lowest BCUT2D eigenvalue weighted by Crippen LogP contribution is -2.32. The number of methoxy groups -OCH3 is 1. The van der Waals surface area contributed by atoms with Gasteiger partial charge < -0.3 is 10.1 Å². The maximum absolute atomic E-state index is 13.8. The monoisotopic (exact) mass is 320 g/mol. The molecule has 0 spiro atoms. The van der Waals surface area contributed by atoms with Gasteiger partial charge in [-0.15, -0.1) is 11.3 Å². The summed E-state index contributed by atoms with van der Waals surface area (Å²) in [7, 11) is 1.65. The molecule has 3 rings (SSSR count). The minimum atomic E-state index is -0.217. The van der Waals surface area contributed by atoms with Gasteiger partial charge in [-0.2, -0.15) is 0 Å². The van der Waals surface area contributed by atoms with E-state index in [1.807, 2.05) is 0 Å². The van der Waals surface area contributed by atoms with Crippen molar-refractivity contribution < 1.29 is 9.13 Å². The van der Waals surface area contributed by atoms with E-state index >= 15 is 0 Å². The van der Waals surface area contributed by atoms with Gasteiger partial charge in [0, 0.05) is 30.1 Å². The molecule has 1 aliphatic rings. The molecular weight excluding hydrogens is 299 g/mol. The highest BCUT2D eigenvalue weighted by molar-refractivity contribution is 7.10. The van der Waals surface area contributed by atoms with Gasteiger partial charge in [-0.05, 0) is 42.6 Å². The van der Waals surface area contributed by atoms with Crippen molar-refractivity contribution in [3.8, 4) is 5.75 Å². The molecule has 0 aliphatic carbocycles. The minimum absolute atomic E-state index is 0.0468. The van der Waals surface area contributed by atoms with Crippen LogP contribution in [0.2, 0.25) is 0 Å². The molecule has 1 aliphatic heterocycles. The Morgan fingerprint density at radius 3 is 2.95 bits per heavy atom. The molecular formula is C17H21FN2OS. The second kappa shape index (κ2) is 7.22. The second-order valence-corrected chi connectivity index (χ2v) is 6.42. The molecule has 22 heavy (non-hydrogen) atoms. The molecule has 1 fully saturated rings. The number of hydrogen-bond donors (Lipinski definition) is 1. The van der Waals surface area contributed by atoms with E-state index in [0.29, 0.717) is 0 Å². The summed E-state index contributed by atoms with van der Waals surface area (Å²) in [6.07, 6.45) is 1.10. The van der Waals surface area contributed by atoms with Gasteiger partial charge in [0.1, 0.15) is 11.6 Å². The number of halogens is 1. The largest absolute Gasteiger partial charge is 0.496 e. The van der Waals surface area contributed by atoms with Gasteiger partial charge >= 0.3 is 0 Å². The fraction of sp³-hybridized carbons (Fsp3) is 0.412. The van der Waals surface area contributed by atoms with E-state index < -0.39 is 0 Å². The Hall–Kier alpha value is -1.43. The van der Waals surface area contributed by atoms with Gasteiger partial charge in [-0.25, -0.2) is 4.39 Å². The zero-order chi connectivity index (χ0) is 15.4. The van der Waals surface area contributed by atoms with Crippen LogP contribution < -0.4 is 10.1 Å². The third kappa shape index (κ3) is 3.32. The number of hydrogen-bond acceptors (Lipinski definition) is 4. The molecule has 1 unspecified atom stereocenters. The lowest BCUT2D eigenvalue weighted by molar-refractivity contribution is 0.238. The zero-order valence-electron chi connectivity index (χ0n) is 12.7. The van der Waals surface area contributed by atoms with Crippen molar-refractivity contribution in [2.75, 3.05) is 33.3 Å². The summed E-state index contributed by atoms with van der Waals surface area (Å²) in [5, 5.41) is 5.50. The number of benzene rings is 1. The van der Waals surface area contributed by atoms with Gasteiger partial charge in [-0.3, -0.25) is 4.90 Å². The summed E-state index contributed by atoms with van der Waals surface area (Å²) < 4.78 is 19.3. The molecule has 1 saturated heterocycles. The highest BCUT2D eigenvalue weighted by Crippen LogP contribution is 2.37. The molecule has 1 N–H and O–H groups in total. The lowest BCUT2D eigenvalue weighted by atomic mass is 10.0. The Kier molecular flexibility index (Phi) is 5.08. The Bertz CT molecular complexity index is 595. The number of thiophene rings is 1. The van der Waals surface area contributed by atoms with E-state index in [2.05, 4.69) is 27.7 Å². The summed E-state index contributed by atoms with van der Waals surface area (Å²) in [6, 6.07) is 9.01. The minimum Gasteiger partial charge on any atom is -0.496 e. The molecule has 3 nitrogen and oxygen atoms in total. The van der Waals surface area contributed by atoms with Crippen LogP contribution in [0.25, 0.3) is 0 Å². The SMILES string of the molecule is COc1ccc(F)cc1C(c1cccs1)N1CCCNCC1. The van der Waals surface area contributed by atoms with E-state index in [1.54, 1.807) is 30.6 Å². The van der Waals surface area contributed by atoms with Gasteiger partial charge in [0.15, 0.2) is 0 Å². The maximum atomic E-state index is 13.8. The van der Waals surface area contributed by atoms with Crippen molar-refractivity contribution in [2.24, 2.45) is 0 Å². The Labute approximate surface area is 134 Å². The number of nitrogens with zero attached hydrogens (tertiary/aromatic N) is 1. The maximum Gasteiger partial charge on any atom is 0.124 e. The molecule has 1 aromatic heterocycles. The van der Waals surface area contributed by atoms with Crippen LogP contribution in [0.1, 0.15) is 22.9 Å². The molecule has 0 saturated carbocycles. The van der Waals surface area contributed by atoms with E-state index in [0.717, 1.165) is 43.9 Å². The molecule has 0 bridgehead atoms. The average Bonchev–Trinajstić information content (AvgIpc) is 2.91. The van der Waals surface area contributed by atoms with Crippen molar-refractivity contribution in [1.82, 2.24) is 10.2 Å². The molecule has 118 valence electrons. The highest BCUT2D eigenvalue weighted by Gasteiger charge is 2.27. The average molecular weight is 320 g/mol. The summed E-state index contributed by atoms with van der Waals surface area (Å²) in [4.78, 5) is 3.65. The third-order valence-electron chi connectivity index (χ3n) is 4.04. The first-order valence-corrected chi connectivity index (χ1v) is 8.49. The lowest BCUT2D eigenvalue weighted by Gasteiger charge is -2.31. The molecule has 2 aromatic rings.